The number of para-hydroxylation sites is 2. The van der Waals surface area contributed by atoms with Crippen molar-refractivity contribution in [2.75, 3.05) is 20.7 Å². The molecule has 0 saturated heterocycles. The molecule has 2 rings (SSSR count). The van der Waals surface area contributed by atoms with Gasteiger partial charge in [-0.2, -0.15) is 0 Å². The highest BCUT2D eigenvalue weighted by Crippen LogP contribution is 2.15. The number of benzene rings is 1. The van der Waals surface area contributed by atoms with E-state index in [2.05, 4.69) is 9.72 Å². The van der Waals surface area contributed by atoms with Crippen molar-refractivity contribution in [1.82, 2.24) is 9.88 Å². The Kier molecular flexibility index (Phi) is 4.71. The smallest absolute Gasteiger partial charge is 0.307 e. The lowest BCUT2D eigenvalue weighted by Gasteiger charge is -2.13. The minimum absolute atomic E-state index is 0.162. The third-order valence-electron chi connectivity index (χ3n) is 2.93. The fraction of sp³-hybridized carbons (Fsp3) is 0.267. The van der Waals surface area contributed by atoms with Gasteiger partial charge in [-0.3, -0.25) is 9.59 Å². The summed E-state index contributed by atoms with van der Waals surface area (Å²) in [6, 6.07) is 7.36. The number of hydrogen-bond acceptors (Lipinski definition) is 5. The fourth-order valence-corrected chi connectivity index (χ4v) is 1.70. The predicted molar refractivity (Wildman–Crippen MR) is 77.3 cm³/mol. The third kappa shape index (κ3) is 3.92. The predicted octanol–water partition coefficient (Wildman–Crippen LogP) is 1.86. The molecule has 6 heteroatoms. The van der Waals surface area contributed by atoms with Crippen molar-refractivity contribution in [2.24, 2.45) is 0 Å². The van der Waals surface area contributed by atoms with Crippen LogP contribution in [0.25, 0.3) is 17.2 Å². The summed E-state index contributed by atoms with van der Waals surface area (Å²) in [6.45, 7) is 0.295. The Morgan fingerprint density at radius 1 is 1.38 bits per heavy atom. The molecule has 1 aromatic carbocycles. The minimum Gasteiger partial charge on any atom is -0.469 e. The van der Waals surface area contributed by atoms with Crippen molar-refractivity contribution in [1.29, 1.82) is 0 Å². The van der Waals surface area contributed by atoms with Gasteiger partial charge in [0.15, 0.2) is 5.58 Å². The number of methoxy groups -OCH3 is 1. The van der Waals surface area contributed by atoms with Gasteiger partial charge in [-0.15, -0.1) is 0 Å². The van der Waals surface area contributed by atoms with Crippen LogP contribution in [0.3, 0.4) is 0 Å². The molecule has 0 aliphatic heterocycles. The molecular formula is C15H16N2O4. The minimum atomic E-state index is -0.349. The number of oxazole rings is 1. The van der Waals surface area contributed by atoms with Crippen molar-refractivity contribution in [3.05, 3.63) is 36.2 Å². The quantitative estimate of drug-likeness (QED) is 0.620. The molecule has 0 radical (unpaired) electrons. The van der Waals surface area contributed by atoms with Crippen molar-refractivity contribution in [2.45, 2.75) is 6.42 Å². The number of ether oxygens (including phenoxy) is 1. The van der Waals surface area contributed by atoms with Gasteiger partial charge in [0.2, 0.25) is 11.8 Å². The van der Waals surface area contributed by atoms with Crippen LogP contribution in [0.15, 0.2) is 34.8 Å². The number of nitrogens with zero attached hydrogens (tertiary/aromatic N) is 2. The van der Waals surface area contributed by atoms with Crippen LogP contribution in [-0.2, 0) is 14.3 Å². The van der Waals surface area contributed by atoms with Gasteiger partial charge in [-0.25, -0.2) is 4.98 Å². The van der Waals surface area contributed by atoms with Crippen molar-refractivity contribution in [3.63, 3.8) is 0 Å². The average Bonchev–Trinajstić information content (AvgIpc) is 2.92. The van der Waals surface area contributed by atoms with E-state index in [1.165, 1.54) is 24.2 Å². The number of likely N-dealkylation sites (N-methyl/N-ethyl adjacent to an activating group) is 1. The van der Waals surface area contributed by atoms with Gasteiger partial charge >= 0.3 is 5.97 Å². The fourth-order valence-electron chi connectivity index (χ4n) is 1.70. The maximum atomic E-state index is 11.8. The maximum Gasteiger partial charge on any atom is 0.307 e. The Hall–Kier alpha value is -2.63. The molecule has 0 saturated carbocycles. The van der Waals surface area contributed by atoms with Crippen molar-refractivity contribution in [3.8, 4) is 0 Å². The zero-order valence-corrected chi connectivity index (χ0v) is 11.9. The van der Waals surface area contributed by atoms with E-state index in [4.69, 9.17) is 4.42 Å². The number of fused-ring (bicyclic) bond motifs is 1. The summed E-state index contributed by atoms with van der Waals surface area (Å²) < 4.78 is 9.99. The first kappa shape index (κ1) is 14.8. The Morgan fingerprint density at radius 2 is 2.14 bits per heavy atom. The topological polar surface area (TPSA) is 72.6 Å². The maximum absolute atomic E-state index is 11.8. The Balaban J connectivity index is 1.96. The van der Waals surface area contributed by atoms with E-state index in [-0.39, 0.29) is 18.3 Å². The zero-order valence-electron chi connectivity index (χ0n) is 11.9. The molecule has 0 atom stereocenters. The van der Waals surface area contributed by atoms with Crippen LogP contribution in [0, 0.1) is 0 Å². The van der Waals surface area contributed by atoms with E-state index in [0.717, 1.165) is 5.52 Å². The lowest BCUT2D eigenvalue weighted by atomic mass is 10.3. The third-order valence-corrected chi connectivity index (χ3v) is 2.93. The summed E-state index contributed by atoms with van der Waals surface area (Å²) in [5.74, 6) is -0.218. The second-order valence-corrected chi connectivity index (χ2v) is 4.44. The Bertz CT molecular complexity index is 642. The summed E-state index contributed by atoms with van der Waals surface area (Å²) in [4.78, 5) is 28.5. The molecule has 1 amide bonds. The van der Waals surface area contributed by atoms with Gasteiger partial charge in [0.05, 0.1) is 13.5 Å². The summed E-state index contributed by atoms with van der Waals surface area (Å²) >= 11 is 0. The summed E-state index contributed by atoms with van der Waals surface area (Å²) in [5, 5.41) is 0. The Morgan fingerprint density at radius 3 is 2.86 bits per heavy atom. The van der Waals surface area contributed by atoms with Crippen molar-refractivity contribution >= 4 is 29.1 Å². The monoisotopic (exact) mass is 288 g/mol. The lowest BCUT2D eigenvalue weighted by molar-refractivity contribution is -0.141. The number of aromatic nitrogens is 1. The second-order valence-electron chi connectivity index (χ2n) is 4.44. The number of rotatable bonds is 5. The first-order valence-electron chi connectivity index (χ1n) is 6.45. The summed E-state index contributed by atoms with van der Waals surface area (Å²) in [6.07, 6.45) is 3.04. The molecule has 0 N–H and O–H groups in total. The largest absolute Gasteiger partial charge is 0.469 e. The normalized spacial score (nSPS) is 11.0. The molecule has 21 heavy (non-hydrogen) atoms. The van der Waals surface area contributed by atoms with Crippen LogP contribution in [0.1, 0.15) is 12.3 Å². The van der Waals surface area contributed by atoms with Crippen LogP contribution in [-0.4, -0.2) is 42.5 Å². The molecule has 0 bridgehead atoms. The van der Waals surface area contributed by atoms with Crippen LogP contribution in [0.4, 0.5) is 0 Å². The number of carbonyl (C=O) groups excluding carboxylic acids is 2. The standard InChI is InChI=1S/C15H16N2O4/c1-17(10-9-15(19)20-2)14(18)8-7-13-16-11-5-3-4-6-12(11)21-13/h3-8H,9-10H2,1-2H3. The number of hydrogen-bond donors (Lipinski definition) is 0. The first-order chi connectivity index (χ1) is 10.1. The highest BCUT2D eigenvalue weighted by atomic mass is 16.5. The van der Waals surface area contributed by atoms with E-state index >= 15 is 0 Å². The van der Waals surface area contributed by atoms with Gasteiger partial charge < -0.3 is 14.1 Å². The zero-order chi connectivity index (χ0) is 15.2. The molecule has 1 heterocycles. The van der Waals surface area contributed by atoms with Crippen LogP contribution < -0.4 is 0 Å². The molecule has 0 spiro atoms. The number of esters is 1. The van der Waals surface area contributed by atoms with E-state index in [1.54, 1.807) is 7.05 Å². The Labute approximate surface area is 122 Å². The molecule has 6 nitrogen and oxygen atoms in total. The van der Waals surface area contributed by atoms with Crippen LogP contribution in [0.5, 0.6) is 0 Å². The van der Waals surface area contributed by atoms with Gasteiger partial charge in [0.25, 0.3) is 0 Å². The van der Waals surface area contributed by atoms with Crippen LogP contribution in [0.2, 0.25) is 0 Å². The van der Waals surface area contributed by atoms with Gasteiger partial charge in [0.1, 0.15) is 5.52 Å². The first-order valence-corrected chi connectivity index (χ1v) is 6.45. The highest BCUT2D eigenvalue weighted by molar-refractivity contribution is 5.91. The molecule has 0 unspecified atom stereocenters. The summed E-state index contributed by atoms with van der Waals surface area (Å²) in [5.41, 5.74) is 1.41. The molecule has 2 aromatic rings. The number of amides is 1. The van der Waals surface area contributed by atoms with E-state index < -0.39 is 0 Å². The number of carbonyl (C=O) groups is 2. The second kappa shape index (κ2) is 6.69. The highest BCUT2D eigenvalue weighted by Gasteiger charge is 2.09. The van der Waals surface area contributed by atoms with Gasteiger partial charge in [-0.1, -0.05) is 12.1 Å². The molecule has 0 fully saturated rings. The molecule has 0 aliphatic rings. The van der Waals surface area contributed by atoms with E-state index in [9.17, 15) is 9.59 Å². The van der Waals surface area contributed by atoms with Gasteiger partial charge in [-0.05, 0) is 12.1 Å². The molecule has 1 aromatic heterocycles. The van der Waals surface area contributed by atoms with Crippen LogP contribution >= 0.6 is 0 Å². The van der Waals surface area contributed by atoms with Gasteiger partial charge in [0, 0.05) is 25.7 Å². The van der Waals surface area contributed by atoms with E-state index in [0.29, 0.717) is 18.0 Å². The summed E-state index contributed by atoms with van der Waals surface area (Å²) in [7, 11) is 2.93. The van der Waals surface area contributed by atoms with E-state index in [1.807, 2.05) is 24.3 Å². The molecule has 0 aliphatic carbocycles. The average molecular weight is 288 g/mol. The lowest BCUT2D eigenvalue weighted by Crippen LogP contribution is -2.27. The molecule has 110 valence electrons. The SMILES string of the molecule is COC(=O)CCN(C)C(=O)C=Cc1nc2ccccc2o1. The molecular weight excluding hydrogens is 272 g/mol. The van der Waals surface area contributed by atoms with Crippen molar-refractivity contribution < 1.29 is 18.7 Å².